The van der Waals surface area contributed by atoms with Crippen LogP contribution in [0.15, 0.2) is 0 Å². The van der Waals surface area contributed by atoms with Gasteiger partial charge in [-0.15, -0.1) is 0 Å². The van der Waals surface area contributed by atoms with Crippen LogP contribution in [0.5, 0.6) is 0 Å². The Balaban J connectivity index is 0. The minimum Gasteiger partial charge on any atom is -0.450 e. The van der Waals surface area contributed by atoms with E-state index in [0.29, 0.717) is 13.2 Å². The van der Waals surface area contributed by atoms with Crippen molar-refractivity contribution in [2.45, 2.75) is 26.4 Å². The van der Waals surface area contributed by atoms with Crippen LogP contribution in [0, 0.1) is 0 Å². The normalized spacial score (nSPS) is 15.2. The molecule has 1 unspecified atom stereocenters. The molecule has 1 saturated heterocycles. The second-order valence-electron chi connectivity index (χ2n) is 3.26. The maximum absolute atomic E-state index is 10.0. The largest absolute Gasteiger partial charge is 0.508 e. The van der Waals surface area contributed by atoms with Crippen molar-refractivity contribution in [1.82, 2.24) is 0 Å². The van der Waals surface area contributed by atoms with E-state index in [9.17, 15) is 14.4 Å². The molecule has 0 aromatic heterocycles. The van der Waals surface area contributed by atoms with E-state index < -0.39 is 18.5 Å². The summed E-state index contributed by atoms with van der Waals surface area (Å²) in [6, 6.07) is 0. The van der Waals surface area contributed by atoms with Crippen LogP contribution in [0.25, 0.3) is 0 Å². The summed E-state index contributed by atoms with van der Waals surface area (Å²) in [6.07, 6.45) is -1.70. The van der Waals surface area contributed by atoms with Gasteiger partial charge in [-0.25, -0.2) is 14.4 Å². The molecule has 9 heteroatoms. The molecule has 1 aliphatic rings. The molecule has 9 nitrogen and oxygen atoms in total. The highest BCUT2D eigenvalue weighted by atomic mass is 16.8. The second kappa shape index (κ2) is 13.2. The third kappa shape index (κ3) is 15.8. The van der Waals surface area contributed by atoms with Crippen molar-refractivity contribution in [2.24, 2.45) is 0 Å². The van der Waals surface area contributed by atoms with Crippen molar-refractivity contribution < 1.29 is 43.2 Å². The highest BCUT2D eigenvalue weighted by molar-refractivity contribution is 5.61. The lowest BCUT2D eigenvalue weighted by Gasteiger charge is -1.91. The molecular weight excluding hydrogens is 276 g/mol. The van der Waals surface area contributed by atoms with Gasteiger partial charge in [-0.1, -0.05) is 6.92 Å². The summed E-state index contributed by atoms with van der Waals surface area (Å²) in [5, 5.41) is 7.82. The lowest BCUT2D eigenvalue weighted by Crippen LogP contribution is -2.01. The van der Waals surface area contributed by atoms with E-state index in [1.165, 1.54) is 14.2 Å². The topological polar surface area (TPSA) is 118 Å². The van der Waals surface area contributed by atoms with E-state index >= 15 is 0 Å². The molecule has 1 rings (SSSR count). The van der Waals surface area contributed by atoms with Crippen molar-refractivity contribution in [3.8, 4) is 0 Å². The zero-order valence-electron chi connectivity index (χ0n) is 11.9. The number of carbonyl (C=O) groups excluding carboxylic acids is 2. The zero-order valence-corrected chi connectivity index (χ0v) is 11.9. The Kier molecular flexibility index (Phi) is 13.3. The quantitative estimate of drug-likeness (QED) is 0.603. The van der Waals surface area contributed by atoms with E-state index in [2.05, 4.69) is 23.7 Å². The fourth-order valence-corrected chi connectivity index (χ4v) is 0.690. The van der Waals surface area contributed by atoms with Crippen LogP contribution in [-0.4, -0.2) is 57.1 Å². The van der Waals surface area contributed by atoms with Crippen LogP contribution < -0.4 is 0 Å². The Hall–Kier alpha value is -2.19. The fraction of sp³-hybridized carbons (Fsp3) is 0.727. The molecule has 20 heavy (non-hydrogen) atoms. The van der Waals surface area contributed by atoms with Gasteiger partial charge in [0.25, 0.3) is 0 Å². The van der Waals surface area contributed by atoms with Gasteiger partial charge in [0.2, 0.25) is 0 Å². The van der Waals surface area contributed by atoms with Crippen LogP contribution in [0.2, 0.25) is 0 Å². The Morgan fingerprint density at radius 3 is 2.00 bits per heavy atom. The summed E-state index contributed by atoms with van der Waals surface area (Å²) in [5.41, 5.74) is 0. The molecular formula is C11H20O9. The second-order valence-corrected chi connectivity index (χ2v) is 3.26. The molecule has 118 valence electrons. The molecule has 0 aromatic rings. The minimum absolute atomic E-state index is 0.0486. The summed E-state index contributed by atoms with van der Waals surface area (Å²) in [7, 11) is 2.51. The van der Waals surface area contributed by atoms with Crippen LogP contribution in [0.1, 0.15) is 20.3 Å². The maximum atomic E-state index is 10.0. The third-order valence-corrected chi connectivity index (χ3v) is 1.50. The van der Waals surface area contributed by atoms with Crippen LogP contribution in [0.4, 0.5) is 14.4 Å². The predicted molar refractivity (Wildman–Crippen MR) is 65.6 cm³/mol. The molecule has 0 amide bonds. The van der Waals surface area contributed by atoms with Crippen molar-refractivity contribution in [2.75, 3.05) is 27.4 Å². The smallest absolute Gasteiger partial charge is 0.450 e. The summed E-state index contributed by atoms with van der Waals surface area (Å²) in [4.78, 5) is 29.3. The van der Waals surface area contributed by atoms with E-state index in [1.54, 1.807) is 6.92 Å². The first-order chi connectivity index (χ1) is 9.37. The number of hydrogen-bond acceptors (Lipinski definition) is 8. The number of cyclic esters (lactones) is 2. The molecule has 0 bridgehead atoms. The maximum Gasteiger partial charge on any atom is 0.508 e. The molecule has 0 aliphatic carbocycles. The van der Waals surface area contributed by atoms with Crippen molar-refractivity contribution >= 4 is 18.5 Å². The SMILES string of the molecule is CC1COC(=O)O1.CCCOC(=O)O.COC(=O)OC. The standard InChI is InChI=1S/C4H6O3.C4H8O3.C3H6O3/c1-3-2-6-4(5)7-3;1-2-3-7-4(5)6;1-5-3(4)6-2/h3H,2H2,1H3;2-3H2,1H3,(H,5,6);1-2H3. The molecule has 0 radical (unpaired) electrons. The summed E-state index contributed by atoms with van der Waals surface area (Å²) >= 11 is 0. The van der Waals surface area contributed by atoms with E-state index in [0.717, 1.165) is 6.42 Å². The van der Waals surface area contributed by atoms with Gasteiger partial charge in [-0.2, -0.15) is 0 Å². The number of hydrogen-bond donors (Lipinski definition) is 1. The Morgan fingerprint density at radius 2 is 1.90 bits per heavy atom. The van der Waals surface area contributed by atoms with Crippen LogP contribution >= 0.6 is 0 Å². The van der Waals surface area contributed by atoms with Crippen molar-refractivity contribution in [1.29, 1.82) is 0 Å². The van der Waals surface area contributed by atoms with Gasteiger partial charge in [0.1, 0.15) is 12.7 Å². The molecule has 0 saturated carbocycles. The van der Waals surface area contributed by atoms with Crippen molar-refractivity contribution in [3.63, 3.8) is 0 Å². The van der Waals surface area contributed by atoms with Crippen LogP contribution in [-0.2, 0) is 23.7 Å². The molecule has 1 atom stereocenters. The molecule has 1 heterocycles. The van der Waals surface area contributed by atoms with Crippen LogP contribution in [0.3, 0.4) is 0 Å². The minimum atomic E-state index is -1.19. The lowest BCUT2D eigenvalue weighted by atomic mass is 10.5. The van der Waals surface area contributed by atoms with Gasteiger partial charge < -0.3 is 28.8 Å². The number of ether oxygens (including phenoxy) is 5. The Morgan fingerprint density at radius 1 is 1.35 bits per heavy atom. The fourth-order valence-electron chi connectivity index (χ4n) is 0.690. The van der Waals surface area contributed by atoms with Gasteiger partial charge in [0.15, 0.2) is 0 Å². The van der Waals surface area contributed by atoms with Gasteiger partial charge in [-0.3, -0.25) is 0 Å². The average Bonchev–Trinajstić information content (AvgIpc) is 2.80. The lowest BCUT2D eigenvalue weighted by molar-refractivity contribution is 0.0910. The van der Waals surface area contributed by atoms with E-state index in [-0.39, 0.29) is 6.10 Å². The monoisotopic (exact) mass is 296 g/mol. The molecule has 1 aliphatic heterocycles. The molecule has 1 fully saturated rings. The first-order valence-corrected chi connectivity index (χ1v) is 5.68. The Labute approximate surface area is 116 Å². The summed E-state index contributed by atoms with van der Waals surface area (Å²) in [6.45, 7) is 4.34. The summed E-state index contributed by atoms with van der Waals surface area (Å²) < 4.78 is 21.1. The zero-order chi connectivity index (χ0) is 16.0. The van der Waals surface area contributed by atoms with Gasteiger partial charge in [-0.05, 0) is 13.3 Å². The first-order valence-electron chi connectivity index (χ1n) is 5.68. The molecule has 0 spiro atoms. The van der Waals surface area contributed by atoms with Gasteiger partial charge in [0, 0.05) is 0 Å². The van der Waals surface area contributed by atoms with Gasteiger partial charge >= 0.3 is 18.5 Å². The number of carbonyl (C=O) groups is 3. The predicted octanol–water partition coefficient (Wildman–Crippen LogP) is 2.03. The number of methoxy groups -OCH3 is 2. The van der Waals surface area contributed by atoms with E-state index in [1.807, 2.05) is 6.92 Å². The molecule has 1 N–H and O–H groups in total. The number of carboxylic acid groups (broad SMARTS) is 1. The highest BCUT2D eigenvalue weighted by Gasteiger charge is 2.19. The van der Waals surface area contributed by atoms with Gasteiger partial charge in [0.05, 0.1) is 20.8 Å². The van der Waals surface area contributed by atoms with E-state index in [4.69, 9.17) is 5.11 Å². The first kappa shape index (κ1) is 20.1. The number of rotatable bonds is 2. The van der Waals surface area contributed by atoms with Crippen molar-refractivity contribution in [3.05, 3.63) is 0 Å². The highest BCUT2D eigenvalue weighted by Crippen LogP contribution is 2.02. The third-order valence-electron chi connectivity index (χ3n) is 1.50. The average molecular weight is 296 g/mol. The molecule has 0 aromatic carbocycles. The Bertz CT molecular complexity index is 284. The summed E-state index contributed by atoms with van der Waals surface area (Å²) in [5.74, 6) is 0.